The maximum Gasteiger partial charge on any atom is 0.256 e. The van der Waals surface area contributed by atoms with Gasteiger partial charge >= 0.3 is 0 Å². The number of nitrogens with zero attached hydrogens (tertiary/aromatic N) is 1. The molecule has 2 aromatic carbocycles. The Bertz CT molecular complexity index is 908. The van der Waals surface area contributed by atoms with Gasteiger partial charge in [0.05, 0.1) is 10.5 Å². The molecule has 0 radical (unpaired) electrons. The van der Waals surface area contributed by atoms with Crippen molar-refractivity contribution in [2.24, 2.45) is 5.14 Å². The van der Waals surface area contributed by atoms with Crippen molar-refractivity contribution in [2.45, 2.75) is 24.2 Å². The molecule has 0 spiro atoms. The number of hydrogen-bond donors (Lipinski definition) is 2. The predicted molar refractivity (Wildman–Crippen MR) is 106 cm³/mol. The molecule has 0 aromatic heterocycles. The van der Waals surface area contributed by atoms with E-state index in [0.717, 1.165) is 18.8 Å². The van der Waals surface area contributed by atoms with Gasteiger partial charge in [-0.25, -0.2) is 13.6 Å². The molecule has 2 aromatic rings. The van der Waals surface area contributed by atoms with Gasteiger partial charge in [-0.1, -0.05) is 0 Å². The molecule has 3 rings (SSSR count). The quantitative estimate of drug-likeness (QED) is 0.766. The van der Waals surface area contributed by atoms with Gasteiger partial charge in [0, 0.05) is 28.9 Å². The maximum absolute atomic E-state index is 12.5. The third-order valence-electron chi connectivity index (χ3n) is 4.36. The molecule has 1 aliphatic heterocycles. The lowest BCUT2D eigenvalue weighted by Gasteiger charge is -2.28. The number of carbonyl (C=O) groups excluding carboxylic acids is 1. The largest absolute Gasteiger partial charge is 0.372 e. The highest BCUT2D eigenvalue weighted by molar-refractivity contribution is 9.10. The number of carbonyl (C=O) groups is 1. The maximum atomic E-state index is 12.5. The first kappa shape index (κ1) is 18.9. The number of anilines is 2. The molecule has 1 amide bonds. The highest BCUT2D eigenvalue weighted by Gasteiger charge is 2.16. The van der Waals surface area contributed by atoms with E-state index in [1.54, 1.807) is 0 Å². The smallest absolute Gasteiger partial charge is 0.256 e. The van der Waals surface area contributed by atoms with Crippen molar-refractivity contribution in [3.05, 3.63) is 52.5 Å². The summed E-state index contributed by atoms with van der Waals surface area (Å²) in [6, 6.07) is 11.8. The molecule has 0 unspecified atom stereocenters. The zero-order valence-electron chi connectivity index (χ0n) is 14.1. The number of primary sulfonamides is 1. The summed E-state index contributed by atoms with van der Waals surface area (Å²) >= 11 is 3.27. The van der Waals surface area contributed by atoms with Crippen LogP contribution in [0.3, 0.4) is 0 Å². The minimum Gasteiger partial charge on any atom is -0.372 e. The minimum absolute atomic E-state index is 0.105. The third kappa shape index (κ3) is 4.44. The Labute approximate surface area is 161 Å². The van der Waals surface area contributed by atoms with Gasteiger partial charge < -0.3 is 10.2 Å². The van der Waals surface area contributed by atoms with Crippen LogP contribution in [0.1, 0.15) is 29.6 Å². The van der Waals surface area contributed by atoms with Crippen molar-refractivity contribution in [3.8, 4) is 0 Å². The van der Waals surface area contributed by atoms with Crippen molar-refractivity contribution in [1.82, 2.24) is 0 Å². The normalized spacial score (nSPS) is 14.9. The zero-order chi connectivity index (χ0) is 18.7. The van der Waals surface area contributed by atoms with E-state index >= 15 is 0 Å². The number of amides is 1. The monoisotopic (exact) mass is 437 g/mol. The second kappa shape index (κ2) is 7.77. The molecule has 1 saturated heterocycles. The molecule has 0 bridgehead atoms. The van der Waals surface area contributed by atoms with Crippen LogP contribution in [0.15, 0.2) is 51.8 Å². The molecular weight excluding hydrogens is 418 g/mol. The van der Waals surface area contributed by atoms with Gasteiger partial charge in [-0.15, -0.1) is 0 Å². The molecular formula is C18H20BrN3O3S. The van der Waals surface area contributed by atoms with Crippen molar-refractivity contribution in [3.63, 3.8) is 0 Å². The fourth-order valence-electron chi connectivity index (χ4n) is 2.96. The number of nitrogens with one attached hydrogen (secondary N) is 1. The first-order chi connectivity index (χ1) is 12.3. The van der Waals surface area contributed by atoms with E-state index in [4.69, 9.17) is 5.14 Å². The SMILES string of the molecule is NS(=O)(=O)c1ccc(Br)c(C(=O)Nc2ccc(N3CCCCC3)cc2)c1. The van der Waals surface area contributed by atoms with Gasteiger partial charge in [-0.3, -0.25) is 4.79 Å². The van der Waals surface area contributed by atoms with Crippen LogP contribution in [0.4, 0.5) is 11.4 Å². The average molecular weight is 438 g/mol. The van der Waals surface area contributed by atoms with Crippen molar-refractivity contribution >= 4 is 43.2 Å². The van der Waals surface area contributed by atoms with E-state index in [2.05, 4.69) is 26.1 Å². The number of sulfonamides is 1. The molecule has 6 nitrogen and oxygen atoms in total. The first-order valence-electron chi connectivity index (χ1n) is 8.33. The van der Waals surface area contributed by atoms with Gasteiger partial charge in [-0.05, 0) is 77.7 Å². The summed E-state index contributed by atoms with van der Waals surface area (Å²) in [5.74, 6) is -0.409. The fourth-order valence-corrected chi connectivity index (χ4v) is 3.93. The Morgan fingerprint density at radius 2 is 1.69 bits per heavy atom. The van der Waals surface area contributed by atoms with Gasteiger partial charge in [0.15, 0.2) is 0 Å². The second-order valence-electron chi connectivity index (χ2n) is 6.24. The highest BCUT2D eigenvalue weighted by Crippen LogP contribution is 2.24. The number of nitrogens with two attached hydrogens (primary N) is 1. The highest BCUT2D eigenvalue weighted by atomic mass is 79.9. The standard InChI is InChI=1S/C18H20BrN3O3S/c19-17-9-8-15(26(20,24)25)12-16(17)18(23)21-13-4-6-14(7-5-13)22-10-2-1-3-11-22/h4-9,12H,1-3,10-11H2,(H,21,23)(H2,20,24,25). The Morgan fingerprint density at radius 3 is 2.31 bits per heavy atom. The van der Waals surface area contributed by atoms with Crippen molar-refractivity contribution in [2.75, 3.05) is 23.3 Å². The number of halogens is 1. The van der Waals surface area contributed by atoms with Gasteiger partial charge in [0.1, 0.15) is 0 Å². The summed E-state index contributed by atoms with van der Waals surface area (Å²) in [7, 11) is -3.87. The number of benzene rings is 2. The fraction of sp³-hybridized carbons (Fsp3) is 0.278. The number of hydrogen-bond acceptors (Lipinski definition) is 4. The van der Waals surface area contributed by atoms with E-state index in [9.17, 15) is 13.2 Å². The van der Waals surface area contributed by atoms with E-state index in [-0.39, 0.29) is 10.5 Å². The van der Waals surface area contributed by atoms with Gasteiger partial charge in [0.2, 0.25) is 10.0 Å². The summed E-state index contributed by atoms with van der Waals surface area (Å²) in [5, 5.41) is 7.92. The molecule has 3 N–H and O–H groups in total. The van der Waals surface area contributed by atoms with Crippen LogP contribution in [0.25, 0.3) is 0 Å². The molecule has 0 saturated carbocycles. The van der Waals surface area contributed by atoms with Crippen LogP contribution in [0, 0.1) is 0 Å². The molecule has 138 valence electrons. The summed E-state index contributed by atoms with van der Waals surface area (Å²) in [5.41, 5.74) is 1.99. The van der Waals surface area contributed by atoms with E-state index in [1.165, 1.54) is 37.5 Å². The number of rotatable bonds is 4. The second-order valence-corrected chi connectivity index (χ2v) is 8.65. The Hall–Kier alpha value is -1.90. The van der Waals surface area contributed by atoms with Crippen LogP contribution < -0.4 is 15.4 Å². The van der Waals surface area contributed by atoms with Crippen LogP contribution in [-0.2, 0) is 10.0 Å². The summed E-state index contributed by atoms with van der Waals surface area (Å²) in [4.78, 5) is 14.7. The van der Waals surface area contributed by atoms with Crippen LogP contribution >= 0.6 is 15.9 Å². The molecule has 26 heavy (non-hydrogen) atoms. The molecule has 1 aliphatic rings. The van der Waals surface area contributed by atoms with Crippen LogP contribution in [0.2, 0.25) is 0 Å². The molecule has 0 aliphatic carbocycles. The molecule has 8 heteroatoms. The van der Waals surface area contributed by atoms with Crippen LogP contribution in [-0.4, -0.2) is 27.4 Å². The van der Waals surface area contributed by atoms with Gasteiger partial charge in [0.25, 0.3) is 5.91 Å². The lowest BCUT2D eigenvalue weighted by Crippen LogP contribution is -2.29. The van der Waals surface area contributed by atoms with Gasteiger partial charge in [-0.2, -0.15) is 0 Å². The van der Waals surface area contributed by atoms with Crippen molar-refractivity contribution < 1.29 is 13.2 Å². The topological polar surface area (TPSA) is 92.5 Å². The Balaban J connectivity index is 1.75. The Kier molecular flexibility index (Phi) is 5.64. The third-order valence-corrected chi connectivity index (χ3v) is 5.96. The van der Waals surface area contributed by atoms with E-state index < -0.39 is 15.9 Å². The molecule has 1 fully saturated rings. The number of piperidine rings is 1. The molecule has 0 atom stereocenters. The zero-order valence-corrected chi connectivity index (χ0v) is 16.5. The minimum atomic E-state index is -3.87. The lowest BCUT2D eigenvalue weighted by molar-refractivity contribution is 0.102. The van der Waals surface area contributed by atoms with E-state index in [1.807, 2.05) is 24.3 Å². The van der Waals surface area contributed by atoms with Crippen LogP contribution in [0.5, 0.6) is 0 Å². The summed E-state index contributed by atoms with van der Waals surface area (Å²) in [6.45, 7) is 2.11. The summed E-state index contributed by atoms with van der Waals surface area (Å²) in [6.07, 6.45) is 3.68. The Morgan fingerprint density at radius 1 is 1.04 bits per heavy atom. The van der Waals surface area contributed by atoms with E-state index in [0.29, 0.717) is 10.2 Å². The summed E-state index contributed by atoms with van der Waals surface area (Å²) < 4.78 is 23.5. The predicted octanol–water partition coefficient (Wildman–Crippen LogP) is 3.34. The van der Waals surface area contributed by atoms with Crippen molar-refractivity contribution in [1.29, 1.82) is 0 Å². The average Bonchev–Trinajstić information content (AvgIpc) is 2.62. The molecule has 1 heterocycles. The lowest BCUT2D eigenvalue weighted by atomic mass is 10.1. The first-order valence-corrected chi connectivity index (χ1v) is 10.7.